The molecular formula is C38H51N3O9S. The highest BCUT2D eigenvalue weighted by atomic mass is 32.2. The number of amides is 2. The zero-order chi connectivity index (χ0) is 37.5. The average molecular weight is 726 g/mol. The molecule has 278 valence electrons. The van der Waals surface area contributed by atoms with E-state index < -0.39 is 84.9 Å². The minimum absolute atomic E-state index is 0.00787. The molecular weight excluding hydrogens is 674 g/mol. The number of likely N-dealkylation sites (tertiary alicyclic amines) is 1. The van der Waals surface area contributed by atoms with Gasteiger partial charge in [0.25, 0.3) is 0 Å². The minimum Gasteiger partial charge on any atom is -0.497 e. The highest BCUT2D eigenvalue weighted by Gasteiger charge is 2.61. The fourth-order valence-electron chi connectivity index (χ4n) is 6.96. The van der Waals surface area contributed by atoms with Crippen LogP contribution in [0.2, 0.25) is 0 Å². The Labute approximate surface area is 300 Å². The summed E-state index contributed by atoms with van der Waals surface area (Å²) >= 11 is 0. The van der Waals surface area contributed by atoms with Crippen LogP contribution in [-0.2, 0) is 33.8 Å². The number of nitrogens with one attached hydrogen (secondary N) is 1. The molecule has 1 aromatic carbocycles. The summed E-state index contributed by atoms with van der Waals surface area (Å²) in [6, 6.07) is 6.20. The number of Topliss-reactive ketones (excluding diaryl/α,β-unsaturated/α-hetero) is 1. The molecule has 0 unspecified atom stereocenters. The summed E-state index contributed by atoms with van der Waals surface area (Å²) in [5.41, 5.74) is -2.88. The van der Waals surface area contributed by atoms with E-state index in [0.29, 0.717) is 29.9 Å². The number of methoxy groups -OCH3 is 1. The summed E-state index contributed by atoms with van der Waals surface area (Å²) in [5, 5.41) is 3.87. The molecule has 1 saturated heterocycles. The molecule has 3 aliphatic rings. The number of sulfone groups is 1. The Morgan fingerprint density at radius 2 is 1.82 bits per heavy atom. The average Bonchev–Trinajstić information content (AvgIpc) is 3.55. The first-order valence-corrected chi connectivity index (χ1v) is 19.3. The third-order valence-corrected chi connectivity index (χ3v) is 12.4. The Kier molecular flexibility index (Phi) is 10.6. The fourth-order valence-corrected chi connectivity index (χ4v) is 8.88. The SMILES string of the molecule is C=C[C@@H]1C[C@]1(NC(=O)[C@@H]1C[C@@H](Oc2nccc3cc(OC)ccc23)CN1C(=O)[C@@H](CC(=O)OC(C)(C)C)C(C)(C)C)C(=O)CS(=O)(=O)C1CCC1. The summed E-state index contributed by atoms with van der Waals surface area (Å²) in [5.74, 6) is -3.14. The molecule has 13 heteroatoms. The van der Waals surface area contributed by atoms with Crippen molar-refractivity contribution >= 4 is 44.2 Å². The third kappa shape index (κ3) is 8.39. The zero-order valence-corrected chi connectivity index (χ0v) is 31.5. The van der Waals surface area contributed by atoms with Gasteiger partial charge in [-0.25, -0.2) is 13.4 Å². The maximum atomic E-state index is 14.5. The molecule has 3 fully saturated rings. The topological polar surface area (TPSA) is 158 Å². The molecule has 2 amide bonds. The van der Waals surface area contributed by atoms with Gasteiger partial charge in [-0.1, -0.05) is 33.3 Å². The van der Waals surface area contributed by atoms with Gasteiger partial charge in [0.05, 0.1) is 31.2 Å². The number of rotatable bonds is 13. The van der Waals surface area contributed by atoms with Gasteiger partial charge >= 0.3 is 5.97 Å². The Balaban J connectivity index is 1.44. The van der Waals surface area contributed by atoms with Crippen LogP contribution in [0, 0.1) is 17.3 Å². The van der Waals surface area contributed by atoms with Crippen LogP contribution in [-0.4, -0.2) is 89.8 Å². The van der Waals surface area contributed by atoms with Crippen LogP contribution in [0.3, 0.4) is 0 Å². The van der Waals surface area contributed by atoms with E-state index in [1.54, 1.807) is 46.2 Å². The largest absolute Gasteiger partial charge is 0.497 e. The lowest BCUT2D eigenvalue weighted by atomic mass is 9.77. The Morgan fingerprint density at radius 3 is 2.39 bits per heavy atom. The highest BCUT2D eigenvalue weighted by Crippen LogP contribution is 2.46. The van der Waals surface area contributed by atoms with Gasteiger partial charge in [-0.15, -0.1) is 6.58 Å². The molecule has 5 rings (SSSR count). The van der Waals surface area contributed by atoms with Crippen molar-refractivity contribution < 1.29 is 41.8 Å². The van der Waals surface area contributed by atoms with Gasteiger partial charge in [0.1, 0.15) is 34.8 Å². The monoisotopic (exact) mass is 725 g/mol. The molecule has 2 aliphatic carbocycles. The standard InChI is InChI=1S/C38H51N3O9S/c1-9-24-20-38(24,31(42)22-51(46,47)27-11-10-12-27)40-33(44)30-18-26(49-34-28-14-13-25(48-8)17-23(28)15-16-39-34)21-41(30)35(45)29(36(2,3)4)19-32(43)50-37(5,6)7/h9,13-17,24,26-27,29-30H,1,10-12,18-22H2,2-8H3,(H,40,44)/t24-,26-,29-,30+,38-/m1/s1. The van der Waals surface area contributed by atoms with E-state index >= 15 is 0 Å². The van der Waals surface area contributed by atoms with Gasteiger partial charge in [-0.2, -0.15) is 0 Å². The second-order valence-electron chi connectivity index (χ2n) is 16.2. The molecule has 1 aromatic heterocycles. The van der Waals surface area contributed by atoms with Crippen LogP contribution in [0.4, 0.5) is 0 Å². The molecule has 5 atom stereocenters. The van der Waals surface area contributed by atoms with Crippen molar-refractivity contribution in [2.24, 2.45) is 17.3 Å². The number of carbonyl (C=O) groups is 4. The van der Waals surface area contributed by atoms with Gasteiger partial charge < -0.3 is 24.4 Å². The Hall–Kier alpha value is -4.00. The first-order chi connectivity index (χ1) is 23.8. The quantitative estimate of drug-likeness (QED) is 0.229. The van der Waals surface area contributed by atoms with Crippen molar-refractivity contribution in [3.63, 3.8) is 0 Å². The molecule has 51 heavy (non-hydrogen) atoms. The molecule has 0 bridgehead atoms. The minimum atomic E-state index is -3.67. The summed E-state index contributed by atoms with van der Waals surface area (Å²) < 4.78 is 43.3. The number of pyridine rings is 1. The number of esters is 1. The van der Waals surface area contributed by atoms with Gasteiger partial charge in [0.15, 0.2) is 15.6 Å². The van der Waals surface area contributed by atoms with Gasteiger partial charge in [0, 0.05) is 23.9 Å². The van der Waals surface area contributed by atoms with E-state index in [1.807, 2.05) is 39.0 Å². The van der Waals surface area contributed by atoms with Gasteiger partial charge in [0.2, 0.25) is 17.7 Å². The molecule has 2 heterocycles. The number of nitrogens with zero attached hydrogens (tertiary/aromatic N) is 2. The maximum absolute atomic E-state index is 14.5. The smallest absolute Gasteiger partial charge is 0.307 e. The van der Waals surface area contributed by atoms with E-state index in [4.69, 9.17) is 14.2 Å². The second kappa shape index (κ2) is 14.2. The highest BCUT2D eigenvalue weighted by molar-refractivity contribution is 7.92. The van der Waals surface area contributed by atoms with Crippen LogP contribution < -0.4 is 14.8 Å². The molecule has 0 spiro atoms. The van der Waals surface area contributed by atoms with E-state index in [1.165, 1.54) is 4.90 Å². The number of hydrogen-bond donors (Lipinski definition) is 1. The lowest BCUT2D eigenvalue weighted by Gasteiger charge is -2.35. The molecule has 1 aliphatic heterocycles. The van der Waals surface area contributed by atoms with Crippen molar-refractivity contribution in [3.05, 3.63) is 43.1 Å². The van der Waals surface area contributed by atoms with Gasteiger partial charge in [-0.3, -0.25) is 19.2 Å². The van der Waals surface area contributed by atoms with Crippen LogP contribution >= 0.6 is 0 Å². The van der Waals surface area contributed by atoms with Crippen LogP contribution in [0.25, 0.3) is 10.8 Å². The van der Waals surface area contributed by atoms with E-state index in [-0.39, 0.29) is 25.8 Å². The Morgan fingerprint density at radius 1 is 1.12 bits per heavy atom. The van der Waals surface area contributed by atoms with Crippen molar-refractivity contribution in [2.75, 3.05) is 19.4 Å². The number of ether oxygens (including phenoxy) is 3. The zero-order valence-electron chi connectivity index (χ0n) is 30.7. The number of fused-ring (bicyclic) bond motifs is 1. The number of aromatic nitrogens is 1. The van der Waals surface area contributed by atoms with E-state index in [0.717, 1.165) is 11.8 Å². The molecule has 0 radical (unpaired) electrons. The number of ketones is 1. The molecule has 1 N–H and O–H groups in total. The number of benzene rings is 1. The predicted molar refractivity (Wildman–Crippen MR) is 192 cm³/mol. The predicted octanol–water partition coefficient (Wildman–Crippen LogP) is 4.58. The van der Waals surface area contributed by atoms with Crippen molar-refractivity contribution in [2.45, 2.75) is 109 Å². The van der Waals surface area contributed by atoms with Gasteiger partial charge in [-0.05, 0) is 75.1 Å². The van der Waals surface area contributed by atoms with Crippen molar-refractivity contribution in [3.8, 4) is 11.6 Å². The summed E-state index contributed by atoms with van der Waals surface area (Å²) in [4.78, 5) is 61.4. The lowest BCUT2D eigenvalue weighted by Crippen LogP contribution is -2.55. The number of carbonyl (C=O) groups excluding carboxylic acids is 4. The number of hydrogen-bond acceptors (Lipinski definition) is 10. The summed E-state index contributed by atoms with van der Waals surface area (Å²) in [7, 11) is -2.10. The van der Waals surface area contributed by atoms with Crippen LogP contribution in [0.1, 0.15) is 80.1 Å². The van der Waals surface area contributed by atoms with E-state index in [2.05, 4.69) is 16.9 Å². The van der Waals surface area contributed by atoms with Crippen molar-refractivity contribution in [1.29, 1.82) is 0 Å². The summed E-state index contributed by atoms with van der Waals surface area (Å²) in [6.45, 7) is 14.6. The normalized spacial score (nSPS) is 24.3. The van der Waals surface area contributed by atoms with Crippen molar-refractivity contribution in [1.82, 2.24) is 15.2 Å². The third-order valence-electron chi connectivity index (χ3n) is 10.2. The first kappa shape index (κ1) is 38.2. The maximum Gasteiger partial charge on any atom is 0.307 e. The molecule has 12 nitrogen and oxygen atoms in total. The molecule has 2 aromatic rings. The van der Waals surface area contributed by atoms with Crippen LogP contribution in [0.15, 0.2) is 43.1 Å². The Bertz CT molecular complexity index is 1810. The molecule has 2 saturated carbocycles. The lowest BCUT2D eigenvalue weighted by molar-refractivity contribution is -0.161. The summed E-state index contributed by atoms with van der Waals surface area (Å²) in [6.07, 6.45) is 4.41. The second-order valence-corrected chi connectivity index (χ2v) is 18.5. The first-order valence-electron chi connectivity index (χ1n) is 17.6. The van der Waals surface area contributed by atoms with E-state index in [9.17, 15) is 27.6 Å². The van der Waals surface area contributed by atoms with Crippen LogP contribution in [0.5, 0.6) is 11.6 Å². The fraction of sp³-hybridized carbons (Fsp3) is 0.605.